The van der Waals surface area contributed by atoms with Crippen molar-refractivity contribution in [2.75, 3.05) is 0 Å². The molecular formula is C11H12F2O. The fraction of sp³-hybridized carbons (Fsp3) is 0.455. The first-order valence-corrected chi connectivity index (χ1v) is 4.63. The van der Waals surface area contributed by atoms with Crippen molar-refractivity contribution in [2.24, 2.45) is 0 Å². The van der Waals surface area contributed by atoms with Crippen molar-refractivity contribution in [3.05, 3.63) is 29.8 Å². The molecular weight excluding hydrogens is 186 g/mol. The minimum absolute atomic E-state index is 0.115. The van der Waals surface area contributed by atoms with Gasteiger partial charge in [0, 0.05) is 6.92 Å². The van der Waals surface area contributed by atoms with Gasteiger partial charge in [0.1, 0.15) is 5.75 Å². The van der Waals surface area contributed by atoms with Crippen molar-refractivity contribution in [2.45, 2.75) is 31.1 Å². The summed E-state index contributed by atoms with van der Waals surface area (Å²) in [4.78, 5) is 0. The number of benzene rings is 1. The summed E-state index contributed by atoms with van der Waals surface area (Å²) < 4.78 is 26.6. The van der Waals surface area contributed by atoms with Crippen molar-refractivity contribution in [3.63, 3.8) is 0 Å². The van der Waals surface area contributed by atoms with Crippen molar-refractivity contribution in [1.29, 1.82) is 0 Å². The molecule has 1 aliphatic rings. The van der Waals surface area contributed by atoms with Crippen LogP contribution in [0.2, 0.25) is 0 Å². The fourth-order valence-electron chi connectivity index (χ4n) is 1.89. The molecule has 0 bridgehead atoms. The summed E-state index contributed by atoms with van der Waals surface area (Å²) >= 11 is 0. The highest BCUT2D eigenvalue weighted by atomic mass is 19.3. The molecule has 0 radical (unpaired) electrons. The lowest BCUT2D eigenvalue weighted by atomic mass is 9.90. The van der Waals surface area contributed by atoms with E-state index in [2.05, 4.69) is 0 Å². The summed E-state index contributed by atoms with van der Waals surface area (Å²) in [5.74, 6) is -2.56. The Kier molecular flexibility index (Phi) is 1.81. The summed E-state index contributed by atoms with van der Waals surface area (Å²) in [7, 11) is 0. The maximum atomic E-state index is 13.3. The van der Waals surface area contributed by atoms with E-state index in [4.69, 9.17) is 5.11 Å². The number of hydrogen-bond donors (Lipinski definition) is 1. The minimum Gasteiger partial charge on any atom is -0.508 e. The van der Waals surface area contributed by atoms with E-state index in [0.717, 1.165) is 6.92 Å². The molecule has 2 rings (SSSR count). The highest BCUT2D eigenvalue weighted by molar-refractivity contribution is 5.37. The lowest BCUT2D eigenvalue weighted by Gasteiger charge is -2.23. The number of hydrogen-bond acceptors (Lipinski definition) is 1. The van der Waals surface area contributed by atoms with E-state index >= 15 is 0 Å². The topological polar surface area (TPSA) is 20.2 Å². The van der Waals surface area contributed by atoms with E-state index in [1.807, 2.05) is 0 Å². The molecule has 0 amide bonds. The average Bonchev–Trinajstić information content (AvgIpc) is 2.84. The number of alkyl halides is 2. The largest absolute Gasteiger partial charge is 0.508 e. The van der Waals surface area contributed by atoms with Crippen LogP contribution in [0.3, 0.4) is 0 Å². The van der Waals surface area contributed by atoms with Crippen LogP contribution < -0.4 is 0 Å². The Morgan fingerprint density at radius 1 is 1.21 bits per heavy atom. The second-order valence-electron chi connectivity index (χ2n) is 4.02. The van der Waals surface area contributed by atoms with Crippen LogP contribution in [0.1, 0.15) is 25.3 Å². The second kappa shape index (κ2) is 2.69. The van der Waals surface area contributed by atoms with Gasteiger partial charge in [-0.15, -0.1) is 0 Å². The Hall–Kier alpha value is -1.12. The molecule has 1 N–H and O–H groups in total. The molecule has 0 heterocycles. The standard InChI is InChI=1S/C11H12F2O/c1-10(12,13)11(6-7-11)8-2-4-9(14)5-3-8/h2-5,14H,6-7H2,1H3. The van der Waals surface area contributed by atoms with Crippen molar-refractivity contribution in [1.82, 2.24) is 0 Å². The van der Waals surface area contributed by atoms with Gasteiger partial charge >= 0.3 is 0 Å². The van der Waals surface area contributed by atoms with Gasteiger partial charge in [-0.05, 0) is 30.5 Å². The van der Waals surface area contributed by atoms with Crippen LogP contribution in [-0.4, -0.2) is 11.0 Å². The minimum atomic E-state index is -2.68. The zero-order chi connectivity index (χ0) is 10.4. The highest BCUT2D eigenvalue weighted by Gasteiger charge is 2.59. The third-order valence-electron chi connectivity index (χ3n) is 3.01. The first-order chi connectivity index (χ1) is 6.46. The maximum absolute atomic E-state index is 13.3. The summed E-state index contributed by atoms with van der Waals surface area (Å²) in [6.07, 6.45) is 1.06. The summed E-state index contributed by atoms with van der Waals surface area (Å²) in [5, 5.41) is 9.06. The monoisotopic (exact) mass is 198 g/mol. The normalized spacial score (nSPS) is 19.4. The van der Waals surface area contributed by atoms with Crippen molar-refractivity contribution >= 4 is 0 Å². The van der Waals surface area contributed by atoms with Gasteiger partial charge in [0.15, 0.2) is 0 Å². The molecule has 3 heteroatoms. The number of phenols is 1. The van der Waals surface area contributed by atoms with Crippen molar-refractivity contribution < 1.29 is 13.9 Å². The van der Waals surface area contributed by atoms with E-state index in [9.17, 15) is 8.78 Å². The zero-order valence-electron chi connectivity index (χ0n) is 7.93. The highest BCUT2D eigenvalue weighted by Crippen LogP contribution is 2.58. The summed E-state index contributed by atoms with van der Waals surface area (Å²) in [5.41, 5.74) is -0.344. The fourth-order valence-corrected chi connectivity index (χ4v) is 1.89. The Labute approximate surface area is 81.4 Å². The number of aromatic hydroxyl groups is 1. The van der Waals surface area contributed by atoms with Gasteiger partial charge in [-0.2, -0.15) is 0 Å². The first-order valence-electron chi connectivity index (χ1n) is 4.63. The van der Waals surface area contributed by atoms with E-state index in [1.54, 1.807) is 12.1 Å². The Bertz CT molecular complexity index is 333. The van der Waals surface area contributed by atoms with Crippen LogP contribution >= 0.6 is 0 Å². The molecule has 14 heavy (non-hydrogen) atoms. The Morgan fingerprint density at radius 2 is 1.71 bits per heavy atom. The van der Waals surface area contributed by atoms with Gasteiger partial charge in [0.05, 0.1) is 5.41 Å². The molecule has 0 spiro atoms. The third-order valence-corrected chi connectivity index (χ3v) is 3.01. The van der Waals surface area contributed by atoms with Gasteiger partial charge in [-0.25, -0.2) is 8.78 Å². The van der Waals surface area contributed by atoms with Crippen LogP contribution in [0.5, 0.6) is 5.75 Å². The van der Waals surface area contributed by atoms with Gasteiger partial charge in [0.25, 0.3) is 5.92 Å². The third kappa shape index (κ3) is 1.27. The lowest BCUT2D eigenvalue weighted by Crippen LogP contribution is -2.29. The molecule has 0 aliphatic heterocycles. The lowest BCUT2D eigenvalue weighted by molar-refractivity contribution is -0.0200. The van der Waals surface area contributed by atoms with Crippen LogP contribution in [0.15, 0.2) is 24.3 Å². The number of halogens is 2. The second-order valence-corrected chi connectivity index (χ2v) is 4.02. The van der Waals surface area contributed by atoms with Gasteiger partial charge in [0.2, 0.25) is 0 Å². The van der Waals surface area contributed by atoms with Crippen LogP contribution in [0.4, 0.5) is 8.78 Å². The predicted octanol–water partition coefficient (Wildman–Crippen LogP) is 3.08. The van der Waals surface area contributed by atoms with Crippen molar-refractivity contribution in [3.8, 4) is 5.75 Å². The molecule has 0 saturated heterocycles. The molecule has 1 saturated carbocycles. The Balaban J connectivity index is 2.36. The molecule has 0 atom stereocenters. The quantitative estimate of drug-likeness (QED) is 0.774. The molecule has 1 nitrogen and oxygen atoms in total. The SMILES string of the molecule is CC(F)(F)C1(c2ccc(O)cc2)CC1. The summed E-state index contributed by atoms with van der Waals surface area (Å²) in [6.45, 7) is 0.965. The maximum Gasteiger partial charge on any atom is 0.254 e. The van der Waals surface area contributed by atoms with E-state index in [-0.39, 0.29) is 5.75 Å². The van der Waals surface area contributed by atoms with Gasteiger partial charge in [-0.1, -0.05) is 12.1 Å². The number of rotatable bonds is 2. The van der Waals surface area contributed by atoms with Gasteiger partial charge < -0.3 is 5.11 Å². The Morgan fingerprint density at radius 3 is 2.07 bits per heavy atom. The van der Waals surface area contributed by atoms with Crippen LogP contribution in [-0.2, 0) is 5.41 Å². The number of phenolic OH excluding ortho intramolecular Hbond substituents is 1. The smallest absolute Gasteiger partial charge is 0.254 e. The molecule has 0 aromatic heterocycles. The van der Waals surface area contributed by atoms with E-state index in [1.165, 1.54) is 12.1 Å². The molecule has 1 fully saturated rings. The summed E-state index contributed by atoms with van der Waals surface area (Å²) in [6, 6.07) is 6.09. The molecule has 1 aliphatic carbocycles. The molecule has 0 unspecified atom stereocenters. The van der Waals surface area contributed by atoms with Crippen LogP contribution in [0.25, 0.3) is 0 Å². The first kappa shape index (κ1) is 9.44. The van der Waals surface area contributed by atoms with E-state index < -0.39 is 11.3 Å². The predicted molar refractivity (Wildman–Crippen MR) is 49.6 cm³/mol. The van der Waals surface area contributed by atoms with E-state index in [0.29, 0.717) is 18.4 Å². The van der Waals surface area contributed by atoms with Crippen LogP contribution in [0, 0.1) is 0 Å². The molecule has 76 valence electrons. The van der Waals surface area contributed by atoms with Gasteiger partial charge in [-0.3, -0.25) is 0 Å². The average molecular weight is 198 g/mol. The zero-order valence-corrected chi connectivity index (χ0v) is 7.93. The molecule has 1 aromatic carbocycles. The molecule has 1 aromatic rings.